The van der Waals surface area contributed by atoms with Gasteiger partial charge in [0.1, 0.15) is 0 Å². The Morgan fingerprint density at radius 1 is 1.15 bits per heavy atom. The number of carbonyl (C=O) groups is 2. The summed E-state index contributed by atoms with van der Waals surface area (Å²) >= 11 is 0. The first-order chi connectivity index (χ1) is 8.78. The number of imide groups is 1. The molecule has 20 heavy (non-hydrogen) atoms. The van der Waals surface area contributed by atoms with Gasteiger partial charge in [-0.25, -0.2) is 0 Å². The Balaban J connectivity index is 3.00. The lowest BCUT2D eigenvalue weighted by molar-refractivity contribution is -0.161. The Labute approximate surface area is 123 Å². The van der Waals surface area contributed by atoms with Crippen molar-refractivity contribution in [1.29, 1.82) is 0 Å². The number of nitrogens with zero attached hydrogens (tertiary/aromatic N) is 1. The summed E-state index contributed by atoms with van der Waals surface area (Å²) in [7, 11) is 0. The molecule has 1 fully saturated rings. The average molecular weight is 282 g/mol. The van der Waals surface area contributed by atoms with Crippen molar-refractivity contribution in [3.8, 4) is 0 Å². The second-order valence-corrected chi connectivity index (χ2v) is 8.26. The van der Waals surface area contributed by atoms with Gasteiger partial charge in [0.2, 0.25) is 11.8 Å². The fourth-order valence-corrected chi connectivity index (χ4v) is 3.33. The number of hydrogen-bond acceptors (Lipinski definition) is 3. The van der Waals surface area contributed by atoms with E-state index in [9.17, 15) is 9.59 Å². The van der Waals surface area contributed by atoms with E-state index in [1.165, 1.54) is 4.90 Å². The largest absolute Gasteiger partial charge is 0.325 e. The van der Waals surface area contributed by atoms with Crippen LogP contribution in [-0.4, -0.2) is 27.8 Å². The van der Waals surface area contributed by atoms with Crippen molar-refractivity contribution in [2.24, 2.45) is 17.1 Å². The van der Waals surface area contributed by atoms with Crippen LogP contribution in [0.4, 0.5) is 0 Å². The standard InChI is InChI=1S/C16H30N2O2/c1-11(2)16(7)8-12(19)18(13(20)9-16)15(5,6)10-14(3,4)17/h11H,8-10,17H2,1-7H3. The van der Waals surface area contributed by atoms with Gasteiger partial charge in [0.05, 0.1) is 0 Å². The van der Waals surface area contributed by atoms with Crippen LogP contribution in [0.1, 0.15) is 67.7 Å². The van der Waals surface area contributed by atoms with E-state index in [0.29, 0.717) is 25.2 Å². The molecule has 1 aliphatic heterocycles. The quantitative estimate of drug-likeness (QED) is 0.806. The molecule has 0 aromatic carbocycles. The average Bonchev–Trinajstić information content (AvgIpc) is 2.09. The van der Waals surface area contributed by atoms with Crippen molar-refractivity contribution in [2.75, 3.05) is 0 Å². The molecule has 0 aromatic rings. The summed E-state index contributed by atoms with van der Waals surface area (Å²) in [6, 6.07) is 0. The molecule has 0 unspecified atom stereocenters. The van der Waals surface area contributed by atoms with Crippen LogP contribution in [0.5, 0.6) is 0 Å². The van der Waals surface area contributed by atoms with Gasteiger partial charge in [0.15, 0.2) is 0 Å². The monoisotopic (exact) mass is 282 g/mol. The Morgan fingerprint density at radius 2 is 1.55 bits per heavy atom. The van der Waals surface area contributed by atoms with Crippen molar-refractivity contribution in [3.05, 3.63) is 0 Å². The SMILES string of the molecule is CC(C)C1(C)CC(=O)N(C(C)(C)CC(C)(C)N)C(=O)C1. The summed E-state index contributed by atoms with van der Waals surface area (Å²) in [6.45, 7) is 13.9. The second-order valence-electron chi connectivity index (χ2n) is 8.26. The first kappa shape index (κ1) is 17.2. The lowest BCUT2D eigenvalue weighted by Crippen LogP contribution is -2.59. The molecule has 1 aliphatic rings. The summed E-state index contributed by atoms with van der Waals surface area (Å²) in [5.41, 5.74) is 4.90. The van der Waals surface area contributed by atoms with Crippen LogP contribution in [0.3, 0.4) is 0 Å². The van der Waals surface area contributed by atoms with E-state index in [0.717, 1.165) is 0 Å². The minimum Gasteiger partial charge on any atom is -0.325 e. The molecule has 0 spiro atoms. The third-order valence-electron chi connectivity index (χ3n) is 4.50. The number of nitrogens with two attached hydrogens (primary N) is 1. The van der Waals surface area contributed by atoms with Crippen LogP contribution in [0.2, 0.25) is 0 Å². The molecule has 1 heterocycles. The molecule has 0 radical (unpaired) electrons. The Morgan fingerprint density at radius 3 is 1.85 bits per heavy atom. The second kappa shape index (κ2) is 5.14. The van der Waals surface area contributed by atoms with E-state index in [1.807, 2.05) is 34.6 Å². The van der Waals surface area contributed by atoms with E-state index in [-0.39, 0.29) is 17.2 Å². The number of carbonyl (C=O) groups excluding carboxylic acids is 2. The van der Waals surface area contributed by atoms with Crippen LogP contribution in [-0.2, 0) is 9.59 Å². The first-order valence-electron chi connectivity index (χ1n) is 7.43. The molecular weight excluding hydrogens is 252 g/mol. The van der Waals surface area contributed by atoms with Crippen molar-refractivity contribution < 1.29 is 9.59 Å². The van der Waals surface area contributed by atoms with Crippen LogP contribution in [0.15, 0.2) is 0 Å². The molecule has 4 heteroatoms. The number of likely N-dealkylation sites (tertiary alicyclic amines) is 1. The highest BCUT2D eigenvalue weighted by Crippen LogP contribution is 2.42. The van der Waals surface area contributed by atoms with Gasteiger partial charge in [-0.05, 0) is 45.4 Å². The zero-order valence-corrected chi connectivity index (χ0v) is 14.0. The molecule has 0 aromatic heterocycles. The molecule has 0 bridgehead atoms. The van der Waals surface area contributed by atoms with Gasteiger partial charge in [-0.2, -0.15) is 0 Å². The van der Waals surface area contributed by atoms with Gasteiger partial charge >= 0.3 is 0 Å². The maximum atomic E-state index is 12.5. The highest BCUT2D eigenvalue weighted by molar-refractivity contribution is 5.99. The first-order valence-corrected chi connectivity index (χ1v) is 7.43. The number of amides is 2. The summed E-state index contributed by atoms with van der Waals surface area (Å²) in [5, 5.41) is 0. The number of piperidine rings is 1. The highest BCUT2D eigenvalue weighted by Gasteiger charge is 2.47. The lowest BCUT2D eigenvalue weighted by Gasteiger charge is -2.47. The van der Waals surface area contributed by atoms with Gasteiger partial charge in [0.25, 0.3) is 0 Å². The third-order valence-corrected chi connectivity index (χ3v) is 4.50. The molecule has 2 N–H and O–H groups in total. The molecule has 4 nitrogen and oxygen atoms in total. The Kier molecular flexibility index (Phi) is 4.41. The van der Waals surface area contributed by atoms with Crippen molar-refractivity contribution in [1.82, 2.24) is 4.90 Å². The molecule has 0 saturated carbocycles. The fourth-order valence-electron chi connectivity index (χ4n) is 3.33. The summed E-state index contributed by atoms with van der Waals surface area (Å²) in [4.78, 5) is 26.5. The van der Waals surface area contributed by atoms with E-state index < -0.39 is 11.1 Å². The van der Waals surface area contributed by atoms with Gasteiger partial charge < -0.3 is 5.73 Å². The highest BCUT2D eigenvalue weighted by atomic mass is 16.2. The smallest absolute Gasteiger partial charge is 0.230 e. The zero-order chi connectivity index (χ0) is 15.9. The van der Waals surface area contributed by atoms with Crippen LogP contribution in [0, 0.1) is 11.3 Å². The van der Waals surface area contributed by atoms with E-state index in [1.54, 1.807) is 0 Å². The molecular formula is C16H30N2O2. The molecule has 0 aliphatic carbocycles. The van der Waals surface area contributed by atoms with Gasteiger partial charge in [-0.1, -0.05) is 20.8 Å². The summed E-state index contributed by atoms with van der Waals surface area (Å²) < 4.78 is 0. The van der Waals surface area contributed by atoms with Gasteiger partial charge in [0, 0.05) is 23.9 Å². The maximum Gasteiger partial charge on any atom is 0.230 e. The molecule has 2 amide bonds. The normalized spacial score (nSPS) is 20.8. The fraction of sp³-hybridized carbons (Fsp3) is 0.875. The predicted octanol–water partition coefficient (Wildman–Crippen LogP) is 2.70. The molecule has 1 rings (SSSR count). The minimum absolute atomic E-state index is 0.0632. The van der Waals surface area contributed by atoms with E-state index in [4.69, 9.17) is 5.73 Å². The maximum absolute atomic E-state index is 12.5. The van der Waals surface area contributed by atoms with Gasteiger partial charge in [-0.3, -0.25) is 14.5 Å². The predicted molar refractivity (Wildman–Crippen MR) is 81.0 cm³/mol. The number of rotatable bonds is 4. The van der Waals surface area contributed by atoms with Gasteiger partial charge in [-0.15, -0.1) is 0 Å². The minimum atomic E-state index is -0.537. The molecule has 0 atom stereocenters. The van der Waals surface area contributed by atoms with Crippen LogP contribution < -0.4 is 5.73 Å². The van der Waals surface area contributed by atoms with Crippen LogP contribution >= 0.6 is 0 Å². The Hall–Kier alpha value is -0.900. The summed E-state index contributed by atoms with van der Waals surface area (Å²) in [6.07, 6.45) is 1.46. The van der Waals surface area contributed by atoms with Crippen LogP contribution in [0.25, 0.3) is 0 Å². The topological polar surface area (TPSA) is 63.4 Å². The zero-order valence-electron chi connectivity index (χ0n) is 14.0. The Bertz CT molecular complexity index is 387. The van der Waals surface area contributed by atoms with Crippen molar-refractivity contribution in [3.63, 3.8) is 0 Å². The lowest BCUT2D eigenvalue weighted by atomic mass is 9.70. The molecule has 116 valence electrons. The van der Waals surface area contributed by atoms with E-state index in [2.05, 4.69) is 13.8 Å². The summed E-state index contributed by atoms with van der Waals surface area (Å²) in [5.74, 6) is 0.185. The van der Waals surface area contributed by atoms with E-state index >= 15 is 0 Å². The van der Waals surface area contributed by atoms with Crippen molar-refractivity contribution >= 4 is 11.8 Å². The number of hydrogen-bond donors (Lipinski definition) is 1. The molecule has 1 saturated heterocycles. The third kappa shape index (κ3) is 3.60. The van der Waals surface area contributed by atoms with Crippen molar-refractivity contribution in [2.45, 2.75) is 78.8 Å².